The average Bonchev–Trinajstić information content (AvgIpc) is 2.80. The topological polar surface area (TPSA) is 26.3 Å². The van der Waals surface area contributed by atoms with Gasteiger partial charge in [0.1, 0.15) is 6.61 Å². The highest BCUT2D eigenvalue weighted by atomic mass is 32.1. The molecule has 0 spiro atoms. The van der Waals surface area contributed by atoms with Gasteiger partial charge in [0.25, 0.3) is 0 Å². The van der Waals surface area contributed by atoms with Gasteiger partial charge in [0.2, 0.25) is 0 Å². The minimum Gasteiger partial charge on any atom is -0.485 e. The second kappa shape index (κ2) is 4.90. The Morgan fingerprint density at radius 3 is 2.94 bits per heavy atom. The summed E-state index contributed by atoms with van der Waals surface area (Å²) in [4.78, 5) is 10.7. The van der Waals surface area contributed by atoms with Gasteiger partial charge in [0.05, 0.1) is 5.56 Å². The number of aldehydes is 1. The maximum atomic E-state index is 13.4. The van der Waals surface area contributed by atoms with Crippen LogP contribution in [-0.4, -0.2) is 6.29 Å². The fourth-order valence-corrected chi connectivity index (χ4v) is 1.95. The maximum absolute atomic E-state index is 13.4. The molecule has 2 nitrogen and oxygen atoms in total. The molecule has 0 unspecified atom stereocenters. The van der Waals surface area contributed by atoms with E-state index in [4.69, 9.17) is 4.74 Å². The van der Waals surface area contributed by atoms with Crippen molar-refractivity contribution in [2.75, 3.05) is 0 Å². The average molecular weight is 236 g/mol. The predicted octanol–water partition coefficient (Wildman–Crippen LogP) is 3.28. The van der Waals surface area contributed by atoms with Crippen LogP contribution in [0, 0.1) is 5.82 Å². The summed E-state index contributed by atoms with van der Waals surface area (Å²) >= 11 is 1.55. The van der Waals surface area contributed by atoms with Crippen molar-refractivity contribution in [1.29, 1.82) is 0 Å². The molecule has 0 aliphatic rings. The predicted molar refractivity (Wildman–Crippen MR) is 60.4 cm³/mol. The van der Waals surface area contributed by atoms with Gasteiger partial charge < -0.3 is 4.74 Å². The molecule has 0 bridgehead atoms. The number of carbonyl (C=O) groups excluding carboxylic acids is 1. The van der Waals surface area contributed by atoms with Crippen molar-refractivity contribution in [1.82, 2.24) is 0 Å². The van der Waals surface area contributed by atoms with Crippen LogP contribution in [0.25, 0.3) is 0 Å². The molecule has 0 radical (unpaired) electrons. The number of carbonyl (C=O) groups is 1. The number of para-hydroxylation sites is 1. The zero-order chi connectivity index (χ0) is 11.4. The number of halogens is 1. The first-order valence-corrected chi connectivity index (χ1v) is 5.63. The van der Waals surface area contributed by atoms with Crippen LogP contribution in [0.3, 0.4) is 0 Å². The number of hydrogen-bond acceptors (Lipinski definition) is 3. The van der Waals surface area contributed by atoms with E-state index in [0.717, 1.165) is 5.56 Å². The van der Waals surface area contributed by atoms with Crippen LogP contribution < -0.4 is 4.74 Å². The van der Waals surface area contributed by atoms with E-state index in [-0.39, 0.29) is 17.9 Å². The Kier molecular flexibility index (Phi) is 3.31. The number of hydrogen-bond donors (Lipinski definition) is 0. The van der Waals surface area contributed by atoms with E-state index in [1.165, 1.54) is 18.2 Å². The molecule has 82 valence electrons. The van der Waals surface area contributed by atoms with Crippen LogP contribution in [0.1, 0.15) is 15.9 Å². The van der Waals surface area contributed by atoms with Crippen molar-refractivity contribution < 1.29 is 13.9 Å². The molecule has 0 fully saturated rings. The minimum atomic E-state index is -0.514. The summed E-state index contributed by atoms with van der Waals surface area (Å²) in [5, 5.41) is 3.84. The van der Waals surface area contributed by atoms with E-state index in [1.54, 1.807) is 11.3 Å². The summed E-state index contributed by atoms with van der Waals surface area (Å²) in [6.07, 6.45) is 0.589. The molecule has 1 aromatic carbocycles. The molecule has 0 aliphatic heterocycles. The van der Waals surface area contributed by atoms with Crippen molar-refractivity contribution in [2.45, 2.75) is 6.61 Å². The molecule has 1 heterocycles. The highest BCUT2D eigenvalue weighted by Gasteiger charge is 2.09. The Morgan fingerprint density at radius 1 is 1.38 bits per heavy atom. The number of ether oxygens (including phenoxy) is 1. The van der Waals surface area contributed by atoms with Gasteiger partial charge in [-0.1, -0.05) is 6.07 Å². The minimum absolute atomic E-state index is 0.0173. The first-order chi connectivity index (χ1) is 7.81. The number of rotatable bonds is 4. The molecule has 0 atom stereocenters. The Bertz CT molecular complexity index is 480. The Labute approximate surface area is 96.3 Å². The summed E-state index contributed by atoms with van der Waals surface area (Å²) in [5.41, 5.74) is 1.19. The van der Waals surface area contributed by atoms with Crippen LogP contribution in [0.4, 0.5) is 4.39 Å². The van der Waals surface area contributed by atoms with Crippen molar-refractivity contribution in [3.63, 3.8) is 0 Å². The molecule has 0 saturated heterocycles. The second-order valence-electron chi connectivity index (χ2n) is 3.20. The van der Waals surface area contributed by atoms with E-state index < -0.39 is 5.82 Å². The largest absolute Gasteiger partial charge is 0.485 e. The summed E-state index contributed by atoms with van der Waals surface area (Å²) in [6, 6.07) is 6.18. The van der Waals surface area contributed by atoms with E-state index >= 15 is 0 Å². The Hall–Kier alpha value is -1.68. The van der Waals surface area contributed by atoms with Gasteiger partial charge in [-0.15, -0.1) is 0 Å². The summed E-state index contributed by atoms with van der Waals surface area (Å²) in [7, 11) is 0. The van der Waals surface area contributed by atoms with Gasteiger partial charge in [-0.25, -0.2) is 4.39 Å². The van der Waals surface area contributed by atoms with Gasteiger partial charge in [0.15, 0.2) is 17.9 Å². The highest BCUT2D eigenvalue weighted by molar-refractivity contribution is 7.07. The SMILES string of the molecule is O=Cc1cccc(F)c1OCc1ccsc1. The molecule has 16 heavy (non-hydrogen) atoms. The van der Waals surface area contributed by atoms with Crippen LogP contribution in [0.5, 0.6) is 5.75 Å². The Balaban J connectivity index is 2.17. The van der Waals surface area contributed by atoms with E-state index in [1.807, 2.05) is 16.8 Å². The monoisotopic (exact) mass is 236 g/mol. The van der Waals surface area contributed by atoms with Crippen LogP contribution in [0.2, 0.25) is 0 Å². The van der Waals surface area contributed by atoms with Crippen molar-refractivity contribution in [3.8, 4) is 5.75 Å². The fraction of sp³-hybridized carbons (Fsp3) is 0.0833. The van der Waals surface area contributed by atoms with E-state index in [9.17, 15) is 9.18 Å². The first kappa shape index (κ1) is 10.8. The standard InChI is InChI=1S/C12H9FO2S/c13-11-3-1-2-10(6-14)12(11)15-7-9-4-5-16-8-9/h1-6,8H,7H2. The lowest BCUT2D eigenvalue weighted by Crippen LogP contribution is -1.99. The lowest BCUT2D eigenvalue weighted by Gasteiger charge is -2.07. The molecular formula is C12H9FO2S. The lowest BCUT2D eigenvalue weighted by molar-refractivity contribution is 0.111. The highest BCUT2D eigenvalue weighted by Crippen LogP contribution is 2.22. The van der Waals surface area contributed by atoms with Gasteiger partial charge in [-0.05, 0) is 34.5 Å². The second-order valence-corrected chi connectivity index (χ2v) is 3.98. The van der Waals surface area contributed by atoms with Crippen molar-refractivity contribution >= 4 is 17.6 Å². The third-order valence-electron chi connectivity index (χ3n) is 2.09. The fourth-order valence-electron chi connectivity index (χ4n) is 1.30. The van der Waals surface area contributed by atoms with E-state index in [0.29, 0.717) is 6.29 Å². The smallest absolute Gasteiger partial charge is 0.165 e. The maximum Gasteiger partial charge on any atom is 0.165 e. The van der Waals surface area contributed by atoms with E-state index in [2.05, 4.69) is 0 Å². The molecule has 4 heteroatoms. The molecule has 2 aromatic rings. The summed E-state index contributed by atoms with van der Waals surface area (Å²) < 4.78 is 18.7. The molecule has 0 aliphatic carbocycles. The third kappa shape index (κ3) is 2.28. The van der Waals surface area contributed by atoms with Crippen molar-refractivity contribution in [3.05, 3.63) is 52.0 Å². The Morgan fingerprint density at radius 2 is 2.25 bits per heavy atom. The molecule has 1 aromatic heterocycles. The van der Waals surface area contributed by atoms with Crippen LogP contribution >= 0.6 is 11.3 Å². The van der Waals surface area contributed by atoms with Gasteiger partial charge in [-0.3, -0.25) is 4.79 Å². The third-order valence-corrected chi connectivity index (χ3v) is 2.82. The molecule has 0 amide bonds. The zero-order valence-electron chi connectivity index (χ0n) is 8.35. The van der Waals surface area contributed by atoms with Crippen LogP contribution in [0.15, 0.2) is 35.0 Å². The molecule has 0 N–H and O–H groups in total. The van der Waals surface area contributed by atoms with Crippen LogP contribution in [-0.2, 0) is 6.61 Å². The molecular weight excluding hydrogens is 227 g/mol. The lowest BCUT2D eigenvalue weighted by atomic mass is 10.2. The molecule has 0 saturated carbocycles. The zero-order valence-corrected chi connectivity index (χ0v) is 9.17. The summed E-state index contributed by atoms with van der Waals surface area (Å²) in [5.74, 6) is -0.497. The number of thiophene rings is 1. The van der Waals surface area contributed by atoms with Gasteiger partial charge in [-0.2, -0.15) is 11.3 Å². The van der Waals surface area contributed by atoms with Gasteiger partial charge >= 0.3 is 0 Å². The summed E-state index contributed by atoms with van der Waals surface area (Å²) in [6.45, 7) is 0.269. The molecule has 2 rings (SSSR count). The first-order valence-electron chi connectivity index (χ1n) is 4.69. The number of benzene rings is 1. The van der Waals surface area contributed by atoms with Gasteiger partial charge in [0, 0.05) is 0 Å². The normalized spacial score (nSPS) is 10.1. The van der Waals surface area contributed by atoms with Crippen molar-refractivity contribution in [2.24, 2.45) is 0 Å². The quantitative estimate of drug-likeness (QED) is 0.761.